The number of nitrogens with one attached hydrogen (secondary N) is 1. The van der Waals surface area contributed by atoms with Crippen molar-refractivity contribution in [3.8, 4) is 11.1 Å². The predicted octanol–water partition coefficient (Wildman–Crippen LogP) is 7.69. The molecular formula is C41H45ClN2O6. The highest BCUT2D eigenvalue weighted by Gasteiger charge is 2.41. The van der Waals surface area contributed by atoms with Gasteiger partial charge in [0.2, 0.25) is 0 Å². The number of rotatable bonds is 11. The van der Waals surface area contributed by atoms with Crippen LogP contribution >= 0.6 is 11.6 Å². The van der Waals surface area contributed by atoms with Crippen molar-refractivity contribution in [1.82, 2.24) is 10.2 Å². The van der Waals surface area contributed by atoms with Gasteiger partial charge in [0.1, 0.15) is 6.61 Å². The van der Waals surface area contributed by atoms with E-state index in [2.05, 4.69) is 35.9 Å². The Balaban J connectivity index is 1.19. The molecule has 8 nitrogen and oxygen atoms in total. The van der Waals surface area contributed by atoms with Gasteiger partial charge in [0.25, 0.3) is 0 Å². The molecule has 50 heavy (non-hydrogen) atoms. The van der Waals surface area contributed by atoms with E-state index >= 15 is 0 Å². The molecule has 0 aliphatic carbocycles. The van der Waals surface area contributed by atoms with Crippen LogP contribution in [-0.4, -0.2) is 53.6 Å². The van der Waals surface area contributed by atoms with Crippen molar-refractivity contribution in [3.63, 3.8) is 0 Å². The molecule has 4 aromatic rings. The van der Waals surface area contributed by atoms with Crippen molar-refractivity contribution in [2.24, 2.45) is 5.92 Å². The number of carbonyl (C=O) groups excluding carboxylic acids is 1. The number of carbonyl (C=O) groups is 1. The molecule has 2 aliphatic heterocycles. The Morgan fingerprint density at radius 1 is 0.980 bits per heavy atom. The molecule has 1 amide bonds. The number of amides is 1. The molecule has 262 valence electrons. The van der Waals surface area contributed by atoms with Crippen LogP contribution in [0.2, 0.25) is 5.02 Å². The maximum absolute atomic E-state index is 12.0. The van der Waals surface area contributed by atoms with Gasteiger partial charge in [-0.1, -0.05) is 116 Å². The summed E-state index contributed by atoms with van der Waals surface area (Å²) in [5.41, 5.74) is 5.78. The number of halogens is 1. The van der Waals surface area contributed by atoms with Gasteiger partial charge in [-0.25, -0.2) is 4.79 Å². The normalized spacial score (nSPS) is 22.1. The number of hydrogen-bond donors (Lipinski definition) is 3. The monoisotopic (exact) mass is 696 g/mol. The number of benzene rings is 4. The Morgan fingerprint density at radius 2 is 1.66 bits per heavy atom. The summed E-state index contributed by atoms with van der Waals surface area (Å²) in [6.45, 7) is 8.39. The smallest absolute Gasteiger partial charge is 0.407 e. The molecule has 0 aromatic heterocycles. The zero-order valence-electron chi connectivity index (χ0n) is 28.3. The SMILES string of the molecule is C=CCOC(=O)NCc1ccccc1-c1ccc(C2OC(CN3CCC(O)(c4ccc(Cl)cc4)CC3)C(C)C(c3ccc(CO)cc3)O2)cc1. The van der Waals surface area contributed by atoms with Crippen molar-refractivity contribution in [2.75, 3.05) is 26.2 Å². The lowest BCUT2D eigenvalue weighted by molar-refractivity contribution is -0.277. The molecule has 4 aromatic carbocycles. The molecule has 0 bridgehead atoms. The van der Waals surface area contributed by atoms with Crippen LogP contribution in [0.25, 0.3) is 11.1 Å². The topological polar surface area (TPSA) is 100 Å². The van der Waals surface area contributed by atoms with Crippen molar-refractivity contribution in [2.45, 2.75) is 57.0 Å². The maximum Gasteiger partial charge on any atom is 0.407 e. The molecule has 0 saturated carbocycles. The summed E-state index contributed by atoms with van der Waals surface area (Å²) in [7, 11) is 0. The van der Waals surface area contributed by atoms with E-state index in [1.54, 1.807) is 0 Å². The van der Waals surface area contributed by atoms with Gasteiger partial charge in [-0.05, 0) is 58.4 Å². The number of likely N-dealkylation sites (tertiary alicyclic amines) is 1. The first-order chi connectivity index (χ1) is 24.3. The second-order valence-electron chi connectivity index (χ2n) is 13.2. The molecule has 0 spiro atoms. The molecule has 9 heteroatoms. The fourth-order valence-corrected chi connectivity index (χ4v) is 6.99. The van der Waals surface area contributed by atoms with Gasteiger partial charge in [0.05, 0.1) is 24.4 Å². The molecule has 4 atom stereocenters. The van der Waals surface area contributed by atoms with Gasteiger partial charge in [-0.15, -0.1) is 0 Å². The molecule has 4 unspecified atom stereocenters. The third-order valence-corrected chi connectivity index (χ3v) is 10.1. The Bertz CT molecular complexity index is 1720. The number of aliphatic hydroxyl groups is 2. The van der Waals surface area contributed by atoms with Gasteiger partial charge in [0.15, 0.2) is 6.29 Å². The van der Waals surface area contributed by atoms with Gasteiger partial charge >= 0.3 is 6.09 Å². The predicted molar refractivity (Wildman–Crippen MR) is 194 cm³/mol. The number of alkyl carbamates (subject to hydrolysis) is 1. The van der Waals surface area contributed by atoms with Crippen molar-refractivity contribution in [3.05, 3.63) is 143 Å². The fourth-order valence-electron chi connectivity index (χ4n) is 6.87. The zero-order valence-corrected chi connectivity index (χ0v) is 29.1. The van der Waals surface area contributed by atoms with Gasteiger partial charge < -0.3 is 34.6 Å². The highest BCUT2D eigenvalue weighted by atomic mass is 35.5. The minimum atomic E-state index is -0.881. The second kappa shape index (κ2) is 16.3. The Kier molecular flexibility index (Phi) is 11.7. The Morgan fingerprint density at radius 3 is 2.34 bits per heavy atom. The van der Waals surface area contributed by atoms with E-state index in [0.717, 1.165) is 52.0 Å². The third kappa shape index (κ3) is 8.46. The minimum absolute atomic E-state index is 0.0159. The van der Waals surface area contributed by atoms with E-state index in [9.17, 15) is 15.0 Å². The van der Waals surface area contributed by atoms with E-state index in [1.807, 2.05) is 84.9 Å². The zero-order chi connectivity index (χ0) is 35.1. The quantitative estimate of drug-likeness (QED) is 0.138. The molecule has 3 N–H and O–H groups in total. The average Bonchev–Trinajstić information content (AvgIpc) is 3.15. The summed E-state index contributed by atoms with van der Waals surface area (Å²) in [5, 5.41) is 24.6. The molecule has 2 fully saturated rings. The maximum atomic E-state index is 12.0. The van der Waals surface area contributed by atoms with Crippen LogP contribution in [0.15, 0.2) is 110 Å². The van der Waals surface area contributed by atoms with Crippen LogP contribution in [0.5, 0.6) is 0 Å². The molecular weight excluding hydrogens is 652 g/mol. The van der Waals surface area contributed by atoms with Crippen LogP contribution in [-0.2, 0) is 33.0 Å². The average molecular weight is 697 g/mol. The van der Waals surface area contributed by atoms with E-state index < -0.39 is 18.0 Å². The van der Waals surface area contributed by atoms with Crippen LogP contribution in [0, 0.1) is 5.92 Å². The van der Waals surface area contributed by atoms with Crippen molar-refractivity contribution in [1.29, 1.82) is 0 Å². The van der Waals surface area contributed by atoms with E-state index in [4.69, 9.17) is 25.8 Å². The molecule has 2 aliphatic rings. The minimum Gasteiger partial charge on any atom is -0.445 e. The Labute approximate surface area is 299 Å². The summed E-state index contributed by atoms with van der Waals surface area (Å²) in [6, 6.07) is 31.6. The van der Waals surface area contributed by atoms with Crippen LogP contribution in [0.1, 0.15) is 60.0 Å². The third-order valence-electron chi connectivity index (χ3n) is 9.89. The van der Waals surface area contributed by atoms with Crippen molar-refractivity contribution < 1.29 is 29.2 Å². The largest absolute Gasteiger partial charge is 0.445 e. The number of nitrogens with zero attached hydrogens (tertiary/aromatic N) is 1. The first-order valence-electron chi connectivity index (χ1n) is 17.2. The summed E-state index contributed by atoms with van der Waals surface area (Å²) in [6.07, 6.45) is 1.32. The van der Waals surface area contributed by atoms with E-state index in [0.29, 0.717) is 31.0 Å². The van der Waals surface area contributed by atoms with Crippen LogP contribution in [0.4, 0.5) is 4.79 Å². The van der Waals surface area contributed by atoms with E-state index in [1.165, 1.54) is 6.08 Å². The highest BCUT2D eigenvalue weighted by Crippen LogP contribution is 2.43. The molecule has 2 heterocycles. The summed E-state index contributed by atoms with van der Waals surface area (Å²) >= 11 is 6.10. The van der Waals surface area contributed by atoms with Gasteiger partial charge in [-0.2, -0.15) is 0 Å². The standard InChI is InChI=1S/C41H45ClN2O6/c1-3-24-48-40(46)43-25-33-6-4-5-7-36(33)30-12-14-32(15-13-30)39-49-37(28(2)38(50-39)31-10-8-29(27-45)9-11-31)26-44-22-20-41(47,21-23-44)34-16-18-35(42)19-17-34/h3-19,28,37-39,45,47H,1,20-27H2,2H3,(H,43,46). The molecule has 6 rings (SSSR count). The fraction of sp³-hybridized carbons (Fsp3) is 0.341. The second-order valence-corrected chi connectivity index (χ2v) is 13.6. The summed E-state index contributed by atoms with van der Waals surface area (Å²) < 4.78 is 18.5. The van der Waals surface area contributed by atoms with Crippen LogP contribution < -0.4 is 5.32 Å². The van der Waals surface area contributed by atoms with Crippen molar-refractivity contribution >= 4 is 17.7 Å². The molecule has 2 saturated heterocycles. The van der Waals surface area contributed by atoms with Gasteiger partial charge in [-0.3, -0.25) is 0 Å². The molecule has 0 radical (unpaired) electrons. The lowest BCUT2D eigenvalue weighted by Gasteiger charge is -2.45. The number of piperidine rings is 1. The van der Waals surface area contributed by atoms with E-state index in [-0.39, 0.29) is 31.3 Å². The Hall–Kier alpha value is -4.02. The highest BCUT2D eigenvalue weighted by molar-refractivity contribution is 6.30. The number of ether oxygens (including phenoxy) is 3. The van der Waals surface area contributed by atoms with Crippen LogP contribution in [0.3, 0.4) is 0 Å². The summed E-state index contributed by atoms with van der Waals surface area (Å²) in [4.78, 5) is 14.4. The number of hydrogen-bond acceptors (Lipinski definition) is 7. The lowest BCUT2D eigenvalue weighted by Crippen LogP contribution is -2.49. The first kappa shape index (κ1) is 35.8. The number of aliphatic hydroxyl groups excluding tert-OH is 1. The first-order valence-corrected chi connectivity index (χ1v) is 17.6. The van der Waals surface area contributed by atoms with Gasteiger partial charge in [0, 0.05) is 42.7 Å². The summed E-state index contributed by atoms with van der Waals surface area (Å²) in [5.74, 6) is 0.0418. The lowest BCUT2D eigenvalue weighted by atomic mass is 9.84.